The molecule has 4 rings (SSSR count). The van der Waals surface area contributed by atoms with Gasteiger partial charge in [-0.1, -0.05) is 30.3 Å². The van der Waals surface area contributed by atoms with Crippen LogP contribution in [0.5, 0.6) is 0 Å². The summed E-state index contributed by atoms with van der Waals surface area (Å²) in [5, 5.41) is 39.3. The minimum absolute atomic E-state index is 0.158. The molecule has 2 heterocycles. The van der Waals surface area contributed by atoms with Crippen LogP contribution in [0.3, 0.4) is 0 Å². The lowest BCUT2D eigenvalue weighted by Crippen LogP contribution is -2.40. The molecule has 0 N–H and O–H groups in total. The number of likely N-dealkylation sites (tertiary alicyclic amines) is 1. The summed E-state index contributed by atoms with van der Waals surface area (Å²) in [5.41, 5.74) is -1.59. The zero-order valence-corrected chi connectivity index (χ0v) is 14.7. The standard InChI is InChI=1S/C21H16N6/c22-11-16(12-23)18-20(13-24)17(15-7-3-1-4-8-15)21(20,14-25)19(26-18)27-9-5-2-6-10-27/h1,3-4,7-8,17H,2,5-6,9-10H2. The second kappa shape index (κ2) is 5.98. The molecule has 3 aliphatic rings. The first kappa shape index (κ1) is 16.8. The minimum Gasteiger partial charge on any atom is -0.359 e. The smallest absolute Gasteiger partial charge is 0.152 e. The number of fused-ring (bicyclic) bond motifs is 1. The van der Waals surface area contributed by atoms with Crippen LogP contribution in [0.1, 0.15) is 30.7 Å². The first-order chi connectivity index (χ1) is 13.2. The number of rotatable bonds is 1. The highest BCUT2D eigenvalue weighted by Crippen LogP contribution is 2.81. The van der Waals surface area contributed by atoms with E-state index in [4.69, 9.17) is 0 Å². The Morgan fingerprint density at radius 3 is 2.11 bits per heavy atom. The maximum Gasteiger partial charge on any atom is 0.152 e. The summed E-state index contributed by atoms with van der Waals surface area (Å²) in [6, 6.07) is 17.9. The highest BCUT2D eigenvalue weighted by molar-refractivity contribution is 6.03. The molecule has 6 heteroatoms. The molecule has 0 aromatic heterocycles. The van der Waals surface area contributed by atoms with Crippen LogP contribution in [0, 0.1) is 56.2 Å². The third-order valence-corrected chi connectivity index (χ3v) is 5.95. The molecule has 130 valence electrons. The Labute approximate surface area is 157 Å². The Morgan fingerprint density at radius 1 is 0.926 bits per heavy atom. The lowest BCUT2D eigenvalue weighted by atomic mass is 9.91. The molecule has 1 saturated heterocycles. The topological polar surface area (TPSA) is 111 Å². The van der Waals surface area contributed by atoms with Gasteiger partial charge in [0.15, 0.2) is 5.57 Å². The van der Waals surface area contributed by atoms with Crippen molar-refractivity contribution in [3.8, 4) is 24.3 Å². The third-order valence-electron chi connectivity index (χ3n) is 5.95. The van der Waals surface area contributed by atoms with E-state index in [-0.39, 0.29) is 11.3 Å². The molecule has 2 fully saturated rings. The van der Waals surface area contributed by atoms with Crippen LogP contribution < -0.4 is 0 Å². The summed E-state index contributed by atoms with van der Waals surface area (Å²) in [6.07, 6.45) is 3.12. The number of benzene rings is 1. The van der Waals surface area contributed by atoms with Crippen molar-refractivity contribution in [3.63, 3.8) is 0 Å². The fraction of sp³-hybridized carbons (Fsp3) is 0.381. The number of amidine groups is 1. The van der Waals surface area contributed by atoms with Gasteiger partial charge >= 0.3 is 0 Å². The molecule has 1 saturated carbocycles. The largest absolute Gasteiger partial charge is 0.359 e. The van der Waals surface area contributed by atoms with Gasteiger partial charge in [-0.15, -0.1) is 0 Å². The van der Waals surface area contributed by atoms with E-state index in [1.54, 1.807) is 0 Å². The van der Waals surface area contributed by atoms with Crippen molar-refractivity contribution in [1.82, 2.24) is 4.90 Å². The Hall–Kier alpha value is -3.61. The summed E-state index contributed by atoms with van der Waals surface area (Å²) >= 11 is 0. The molecule has 3 unspecified atom stereocenters. The van der Waals surface area contributed by atoms with Gasteiger partial charge in [-0.25, -0.2) is 4.99 Å². The fourth-order valence-corrected chi connectivity index (χ4v) is 4.75. The lowest BCUT2D eigenvalue weighted by Gasteiger charge is -2.31. The molecular weight excluding hydrogens is 336 g/mol. The highest BCUT2D eigenvalue weighted by atomic mass is 15.3. The number of piperidine rings is 1. The quantitative estimate of drug-likeness (QED) is 0.721. The fourth-order valence-electron chi connectivity index (χ4n) is 4.75. The molecule has 0 bridgehead atoms. The number of nitrogens with zero attached hydrogens (tertiary/aromatic N) is 6. The van der Waals surface area contributed by atoms with Crippen LogP contribution in [-0.2, 0) is 0 Å². The number of nitriles is 4. The molecule has 6 nitrogen and oxygen atoms in total. The zero-order chi connectivity index (χ0) is 19.1. The predicted molar refractivity (Wildman–Crippen MR) is 96.4 cm³/mol. The molecule has 1 aromatic carbocycles. The van der Waals surface area contributed by atoms with Gasteiger partial charge in [-0.05, 0) is 24.8 Å². The van der Waals surface area contributed by atoms with Crippen LogP contribution in [0.25, 0.3) is 0 Å². The van der Waals surface area contributed by atoms with Crippen LogP contribution in [-0.4, -0.2) is 23.8 Å². The summed E-state index contributed by atoms with van der Waals surface area (Å²) in [5.74, 6) is 0.125. The van der Waals surface area contributed by atoms with Gasteiger partial charge in [0.25, 0.3) is 0 Å². The first-order valence-corrected chi connectivity index (χ1v) is 8.97. The maximum atomic E-state index is 10.2. The molecule has 1 aromatic rings. The van der Waals surface area contributed by atoms with Crippen molar-refractivity contribution in [3.05, 3.63) is 47.2 Å². The van der Waals surface area contributed by atoms with Crippen LogP contribution in [0.15, 0.2) is 46.6 Å². The van der Waals surface area contributed by atoms with Crippen molar-refractivity contribution in [2.24, 2.45) is 15.8 Å². The van der Waals surface area contributed by atoms with Gasteiger partial charge in [-0.3, -0.25) is 0 Å². The Morgan fingerprint density at radius 2 is 1.56 bits per heavy atom. The van der Waals surface area contributed by atoms with Gasteiger partial charge in [0.2, 0.25) is 0 Å². The van der Waals surface area contributed by atoms with Crippen molar-refractivity contribution >= 4 is 5.84 Å². The van der Waals surface area contributed by atoms with E-state index in [2.05, 4.69) is 22.0 Å². The number of allylic oxidation sites excluding steroid dienone is 2. The minimum atomic E-state index is -1.28. The molecule has 0 spiro atoms. The van der Waals surface area contributed by atoms with Gasteiger partial charge in [-0.2, -0.15) is 21.0 Å². The Bertz CT molecular complexity index is 1000. The molecule has 0 amide bonds. The van der Waals surface area contributed by atoms with Gasteiger partial charge < -0.3 is 4.90 Å². The van der Waals surface area contributed by atoms with E-state index in [1.165, 1.54) is 0 Å². The third kappa shape index (κ3) is 1.93. The number of hydrogen-bond acceptors (Lipinski definition) is 6. The average molecular weight is 352 g/mol. The molecule has 27 heavy (non-hydrogen) atoms. The molecule has 0 radical (unpaired) electrons. The van der Waals surface area contributed by atoms with Crippen molar-refractivity contribution in [2.45, 2.75) is 25.2 Å². The van der Waals surface area contributed by atoms with Crippen molar-refractivity contribution in [2.75, 3.05) is 13.1 Å². The normalized spacial score (nSPS) is 30.8. The first-order valence-electron chi connectivity index (χ1n) is 8.97. The second-order valence-electron chi connectivity index (χ2n) is 7.11. The van der Waals surface area contributed by atoms with E-state index in [0.29, 0.717) is 5.84 Å². The van der Waals surface area contributed by atoms with Gasteiger partial charge in [0, 0.05) is 19.0 Å². The van der Waals surface area contributed by atoms with Crippen LogP contribution >= 0.6 is 0 Å². The molecule has 2 aliphatic heterocycles. The predicted octanol–water partition coefficient (Wildman–Crippen LogP) is 3.00. The zero-order valence-electron chi connectivity index (χ0n) is 14.7. The molecular formula is C21H16N6. The Kier molecular flexibility index (Phi) is 3.73. The van der Waals surface area contributed by atoms with Gasteiger partial charge in [0.05, 0.1) is 17.8 Å². The SMILES string of the molecule is N#CC(C#N)=C1N=C(N2CCCCC2)C2(C#N)C(c3ccccc3)C12C#N. The van der Waals surface area contributed by atoms with E-state index in [9.17, 15) is 21.0 Å². The summed E-state index contributed by atoms with van der Waals surface area (Å²) in [6.45, 7) is 1.54. The van der Waals surface area contributed by atoms with Crippen LogP contribution in [0.2, 0.25) is 0 Å². The maximum absolute atomic E-state index is 10.2. The van der Waals surface area contributed by atoms with E-state index in [0.717, 1.165) is 37.9 Å². The lowest BCUT2D eigenvalue weighted by molar-refractivity contribution is 0.329. The number of aliphatic imine (C=N–C) groups is 1. The molecule has 1 aliphatic carbocycles. The van der Waals surface area contributed by atoms with Crippen molar-refractivity contribution < 1.29 is 0 Å². The van der Waals surface area contributed by atoms with E-state index in [1.807, 2.05) is 42.5 Å². The summed E-state index contributed by atoms with van der Waals surface area (Å²) < 4.78 is 0. The molecule has 3 atom stereocenters. The Balaban J connectivity index is 1.97. The van der Waals surface area contributed by atoms with Gasteiger partial charge in [0.1, 0.15) is 28.8 Å². The number of hydrogen-bond donors (Lipinski definition) is 0. The van der Waals surface area contributed by atoms with Crippen molar-refractivity contribution in [1.29, 1.82) is 21.0 Å². The summed E-state index contributed by atoms with van der Waals surface area (Å²) in [4.78, 5) is 6.65. The second-order valence-corrected chi connectivity index (χ2v) is 7.11. The monoisotopic (exact) mass is 352 g/mol. The average Bonchev–Trinajstić information content (AvgIpc) is 3.25. The highest BCUT2D eigenvalue weighted by Gasteiger charge is 2.87. The summed E-state index contributed by atoms with van der Waals surface area (Å²) in [7, 11) is 0. The van der Waals surface area contributed by atoms with Crippen LogP contribution in [0.4, 0.5) is 0 Å². The van der Waals surface area contributed by atoms with E-state index < -0.39 is 16.7 Å². The van der Waals surface area contributed by atoms with E-state index >= 15 is 0 Å².